The van der Waals surface area contributed by atoms with Crippen molar-refractivity contribution in [2.24, 2.45) is 0 Å². The number of ether oxygens (including phenoxy) is 1. The number of para-hydroxylation sites is 2. The van der Waals surface area contributed by atoms with Crippen LogP contribution in [0.15, 0.2) is 30.6 Å². The Morgan fingerprint density at radius 2 is 2.14 bits per heavy atom. The van der Waals surface area contributed by atoms with Gasteiger partial charge in [-0.2, -0.15) is 0 Å². The van der Waals surface area contributed by atoms with Gasteiger partial charge in [0, 0.05) is 13.0 Å². The normalized spacial score (nSPS) is 16.0. The highest BCUT2D eigenvalue weighted by atomic mass is 16.5. The van der Waals surface area contributed by atoms with Crippen LogP contribution in [-0.4, -0.2) is 54.9 Å². The fourth-order valence-electron chi connectivity index (χ4n) is 2.82. The smallest absolute Gasteiger partial charge is 0.240 e. The van der Waals surface area contributed by atoms with Gasteiger partial charge in [-0.05, 0) is 12.1 Å². The van der Waals surface area contributed by atoms with Crippen LogP contribution < -0.4 is 10.2 Å². The van der Waals surface area contributed by atoms with Gasteiger partial charge < -0.3 is 19.5 Å². The van der Waals surface area contributed by atoms with E-state index in [4.69, 9.17) is 4.74 Å². The van der Waals surface area contributed by atoms with Crippen molar-refractivity contribution >= 4 is 16.9 Å². The van der Waals surface area contributed by atoms with E-state index in [0.717, 1.165) is 56.8 Å². The Hall–Kier alpha value is -1.92. The maximum absolute atomic E-state index is 12.0. The summed E-state index contributed by atoms with van der Waals surface area (Å²) in [6.45, 7) is 6.02. The van der Waals surface area contributed by atoms with Gasteiger partial charge in [-0.1, -0.05) is 12.1 Å². The van der Waals surface area contributed by atoms with Crippen LogP contribution in [0.3, 0.4) is 0 Å². The monoisotopic (exact) mass is 303 g/mol. The van der Waals surface area contributed by atoms with E-state index in [1.807, 2.05) is 28.8 Å². The fraction of sp³-hybridized carbons (Fsp3) is 0.500. The van der Waals surface area contributed by atoms with Crippen LogP contribution in [0.1, 0.15) is 6.42 Å². The molecule has 6 nitrogen and oxygen atoms in total. The first kappa shape index (κ1) is 15.0. The maximum Gasteiger partial charge on any atom is 0.240 e. The van der Waals surface area contributed by atoms with Crippen molar-refractivity contribution in [3.8, 4) is 0 Å². The Bertz CT molecular complexity index is 619. The molecule has 0 aliphatic carbocycles. The average Bonchev–Trinajstić information content (AvgIpc) is 2.96. The number of carbonyl (C=O) groups is 1. The summed E-state index contributed by atoms with van der Waals surface area (Å²) in [5, 5.41) is 2.99. The number of aromatic nitrogens is 2. The van der Waals surface area contributed by atoms with Crippen LogP contribution >= 0.6 is 0 Å². The number of benzene rings is 1. The standard InChI is InChI=1S/C16H22N4O2/c21-16(17-6-3-7-19-8-10-22-11-9-19)12-20-13-18-14-4-1-2-5-15(14)20/h1-2,4-5,13H,3,6-12H2,(H,17,21)/p+1. The molecular weight excluding hydrogens is 280 g/mol. The number of carbonyl (C=O) groups excluding carboxylic acids is 1. The van der Waals surface area contributed by atoms with Gasteiger partial charge in [0.05, 0.1) is 37.1 Å². The number of nitrogens with one attached hydrogen (secondary N) is 2. The van der Waals surface area contributed by atoms with Gasteiger partial charge >= 0.3 is 0 Å². The molecule has 0 bridgehead atoms. The van der Waals surface area contributed by atoms with E-state index in [1.54, 1.807) is 11.2 Å². The molecular formula is C16H23N4O2+. The molecule has 1 fully saturated rings. The van der Waals surface area contributed by atoms with E-state index >= 15 is 0 Å². The van der Waals surface area contributed by atoms with Crippen molar-refractivity contribution in [2.75, 3.05) is 39.4 Å². The Labute approximate surface area is 130 Å². The van der Waals surface area contributed by atoms with Crippen molar-refractivity contribution in [2.45, 2.75) is 13.0 Å². The van der Waals surface area contributed by atoms with Crippen molar-refractivity contribution < 1.29 is 14.4 Å². The van der Waals surface area contributed by atoms with Crippen molar-refractivity contribution in [3.63, 3.8) is 0 Å². The molecule has 0 atom stereocenters. The predicted octanol–water partition coefficient (Wildman–Crippen LogP) is -0.542. The largest absolute Gasteiger partial charge is 0.370 e. The number of morpholine rings is 1. The number of rotatable bonds is 6. The first-order valence-electron chi connectivity index (χ1n) is 7.91. The van der Waals surface area contributed by atoms with Gasteiger partial charge in [0.2, 0.25) is 5.91 Å². The zero-order valence-corrected chi connectivity index (χ0v) is 12.8. The molecule has 22 heavy (non-hydrogen) atoms. The van der Waals surface area contributed by atoms with Gasteiger partial charge in [0.15, 0.2) is 0 Å². The highest BCUT2D eigenvalue weighted by Crippen LogP contribution is 2.11. The molecule has 0 radical (unpaired) electrons. The lowest BCUT2D eigenvalue weighted by atomic mass is 10.3. The molecule has 1 saturated heterocycles. The van der Waals surface area contributed by atoms with Crippen molar-refractivity contribution in [1.82, 2.24) is 14.9 Å². The molecule has 1 amide bonds. The quantitative estimate of drug-likeness (QED) is 0.705. The predicted molar refractivity (Wildman–Crippen MR) is 83.7 cm³/mol. The maximum atomic E-state index is 12.0. The average molecular weight is 303 g/mol. The molecule has 1 aliphatic heterocycles. The molecule has 6 heteroatoms. The molecule has 118 valence electrons. The van der Waals surface area contributed by atoms with E-state index < -0.39 is 0 Å². The van der Waals surface area contributed by atoms with E-state index in [-0.39, 0.29) is 5.91 Å². The molecule has 0 unspecified atom stereocenters. The van der Waals surface area contributed by atoms with E-state index in [2.05, 4.69) is 10.3 Å². The molecule has 2 aromatic rings. The molecule has 2 heterocycles. The molecule has 1 aliphatic rings. The number of hydrogen-bond donors (Lipinski definition) is 2. The molecule has 1 aromatic heterocycles. The summed E-state index contributed by atoms with van der Waals surface area (Å²) in [6.07, 6.45) is 2.73. The lowest BCUT2D eigenvalue weighted by molar-refractivity contribution is -0.908. The van der Waals surface area contributed by atoms with E-state index in [9.17, 15) is 4.79 Å². The van der Waals surface area contributed by atoms with Crippen LogP contribution in [0, 0.1) is 0 Å². The zero-order chi connectivity index (χ0) is 15.2. The summed E-state index contributed by atoms with van der Waals surface area (Å²) in [6, 6.07) is 7.85. The number of amides is 1. The minimum Gasteiger partial charge on any atom is -0.370 e. The van der Waals surface area contributed by atoms with Gasteiger partial charge in [-0.3, -0.25) is 4.79 Å². The molecule has 0 spiro atoms. The molecule has 2 N–H and O–H groups in total. The highest BCUT2D eigenvalue weighted by molar-refractivity contribution is 5.80. The summed E-state index contributed by atoms with van der Waals surface area (Å²) < 4.78 is 7.23. The number of quaternary nitrogens is 1. The first-order chi connectivity index (χ1) is 10.8. The Morgan fingerprint density at radius 3 is 3.00 bits per heavy atom. The van der Waals surface area contributed by atoms with Crippen LogP contribution in [0.5, 0.6) is 0 Å². The van der Waals surface area contributed by atoms with Crippen molar-refractivity contribution in [1.29, 1.82) is 0 Å². The number of nitrogens with zero attached hydrogens (tertiary/aromatic N) is 2. The van der Waals surface area contributed by atoms with Gasteiger partial charge in [-0.15, -0.1) is 0 Å². The Balaban J connectivity index is 1.41. The molecule has 3 rings (SSSR count). The first-order valence-corrected chi connectivity index (χ1v) is 7.91. The third-order valence-electron chi connectivity index (χ3n) is 4.07. The van der Waals surface area contributed by atoms with Gasteiger partial charge in [0.1, 0.15) is 19.6 Å². The topological polar surface area (TPSA) is 60.6 Å². The number of fused-ring (bicyclic) bond motifs is 1. The van der Waals surface area contributed by atoms with Crippen LogP contribution in [0.2, 0.25) is 0 Å². The third kappa shape index (κ3) is 3.84. The Kier molecular flexibility index (Phi) is 5.03. The highest BCUT2D eigenvalue weighted by Gasteiger charge is 2.13. The minimum absolute atomic E-state index is 0.0418. The lowest BCUT2D eigenvalue weighted by Gasteiger charge is -2.23. The molecule has 0 saturated carbocycles. The fourth-order valence-corrected chi connectivity index (χ4v) is 2.82. The molecule has 1 aromatic carbocycles. The Morgan fingerprint density at radius 1 is 1.32 bits per heavy atom. The second-order valence-corrected chi connectivity index (χ2v) is 5.68. The second kappa shape index (κ2) is 7.38. The summed E-state index contributed by atoms with van der Waals surface area (Å²) >= 11 is 0. The zero-order valence-electron chi connectivity index (χ0n) is 12.8. The van der Waals surface area contributed by atoms with Crippen LogP contribution in [0.4, 0.5) is 0 Å². The van der Waals surface area contributed by atoms with E-state index in [1.165, 1.54) is 0 Å². The van der Waals surface area contributed by atoms with E-state index in [0.29, 0.717) is 6.54 Å². The number of hydrogen-bond acceptors (Lipinski definition) is 3. The third-order valence-corrected chi connectivity index (χ3v) is 4.07. The van der Waals surface area contributed by atoms with Crippen LogP contribution in [0.25, 0.3) is 11.0 Å². The summed E-state index contributed by atoms with van der Waals surface area (Å²) in [4.78, 5) is 17.9. The second-order valence-electron chi connectivity index (χ2n) is 5.68. The van der Waals surface area contributed by atoms with Crippen LogP contribution in [-0.2, 0) is 16.1 Å². The van der Waals surface area contributed by atoms with Gasteiger partial charge in [0.25, 0.3) is 0 Å². The van der Waals surface area contributed by atoms with Gasteiger partial charge in [-0.25, -0.2) is 4.98 Å². The SMILES string of the molecule is O=C(Cn1cnc2ccccc21)NCCC[NH+]1CCOCC1. The summed E-state index contributed by atoms with van der Waals surface area (Å²) in [5.41, 5.74) is 1.92. The minimum atomic E-state index is 0.0418. The van der Waals surface area contributed by atoms with Crippen molar-refractivity contribution in [3.05, 3.63) is 30.6 Å². The number of imidazole rings is 1. The summed E-state index contributed by atoms with van der Waals surface area (Å²) in [5.74, 6) is 0.0418. The summed E-state index contributed by atoms with van der Waals surface area (Å²) in [7, 11) is 0. The lowest BCUT2D eigenvalue weighted by Crippen LogP contribution is -3.14.